The Labute approximate surface area is 200 Å². The van der Waals surface area contributed by atoms with Crippen molar-refractivity contribution in [1.29, 1.82) is 0 Å². The Morgan fingerprint density at radius 2 is 1.82 bits per heavy atom. The van der Waals surface area contributed by atoms with Gasteiger partial charge in [-0.15, -0.1) is 0 Å². The molecule has 33 heavy (non-hydrogen) atoms. The van der Waals surface area contributed by atoms with Crippen LogP contribution in [-0.2, 0) is 4.74 Å². The standard InChI is InChI=1S/C22H22Cl2N6O3/c1-2-33-21(31)19-7-8-30(27-19)17-5-3-16(4-6-17)26-22(32)29-11-9-28(10-12-29)20-18(24)13-15(23)14-25-20/h3-8,13-14H,2,9-12H2,1H3,(H,26,32). The predicted molar refractivity (Wildman–Crippen MR) is 127 cm³/mol. The molecule has 9 nitrogen and oxygen atoms in total. The average Bonchev–Trinajstić information content (AvgIpc) is 3.30. The molecule has 4 rings (SSSR count). The number of esters is 1. The fraction of sp³-hybridized carbons (Fsp3) is 0.273. The number of piperazine rings is 1. The lowest BCUT2D eigenvalue weighted by Gasteiger charge is -2.35. The molecule has 0 bridgehead atoms. The van der Waals surface area contributed by atoms with Crippen LogP contribution in [0.3, 0.4) is 0 Å². The summed E-state index contributed by atoms with van der Waals surface area (Å²) >= 11 is 12.2. The molecule has 1 fully saturated rings. The van der Waals surface area contributed by atoms with Gasteiger partial charge < -0.3 is 19.9 Å². The van der Waals surface area contributed by atoms with Gasteiger partial charge in [0.15, 0.2) is 5.69 Å². The summed E-state index contributed by atoms with van der Waals surface area (Å²) in [6.45, 7) is 4.34. The highest BCUT2D eigenvalue weighted by Gasteiger charge is 2.23. The van der Waals surface area contributed by atoms with Crippen molar-refractivity contribution in [3.8, 4) is 5.69 Å². The highest BCUT2D eigenvalue weighted by atomic mass is 35.5. The van der Waals surface area contributed by atoms with Crippen LogP contribution in [0.5, 0.6) is 0 Å². The molecule has 1 saturated heterocycles. The number of urea groups is 1. The average molecular weight is 489 g/mol. The number of carbonyl (C=O) groups is 2. The van der Waals surface area contributed by atoms with Gasteiger partial charge in [-0.3, -0.25) is 0 Å². The third kappa shape index (κ3) is 5.37. The summed E-state index contributed by atoms with van der Waals surface area (Å²) in [6, 6.07) is 10.3. The van der Waals surface area contributed by atoms with Crippen LogP contribution < -0.4 is 10.2 Å². The van der Waals surface area contributed by atoms with Crippen LogP contribution in [0.15, 0.2) is 48.8 Å². The minimum Gasteiger partial charge on any atom is -0.461 e. The van der Waals surface area contributed by atoms with E-state index in [1.165, 1.54) is 0 Å². The normalized spacial score (nSPS) is 13.7. The fourth-order valence-electron chi connectivity index (χ4n) is 3.44. The van der Waals surface area contributed by atoms with Crippen LogP contribution in [0.1, 0.15) is 17.4 Å². The molecule has 0 aliphatic carbocycles. The first-order valence-electron chi connectivity index (χ1n) is 10.4. The lowest BCUT2D eigenvalue weighted by molar-refractivity contribution is 0.0519. The molecule has 1 aliphatic rings. The van der Waals surface area contributed by atoms with Gasteiger partial charge in [0.25, 0.3) is 0 Å². The zero-order valence-corrected chi connectivity index (χ0v) is 19.4. The van der Waals surface area contributed by atoms with E-state index in [1.807, 2.05) is 17.0 Å². The first kappa shape index (κ1) is 22.9. The van der Waals surface area contributed by atoms with Crippen LogP contribution in [-0.4, -0.2) is 64.5 Å². The maximum absolute atomic E-state index is 12.7. The van der Waals surface area contributed by atoms with Gasteiger partial charge in [0.2, 0.25) is 0 Å². The van der Waals surface area contributed by atoms with Crippen molar-refractivity contribution in [3.05, 3.63) is 64.5 Å². The number of benzene rings is 1. The minimum absolute atomic E-state index is 0.179. The van der Waals surface area contributed by atoms with Gasteiger partial charge in [-0.1, -0.05) is 23.2 Å². The Morgan fingerprint density at radius 3 is 2.48 bits per heavy atom. The Morgan fingerprint density at radius 1 is 1.09 bits per heavy atom. The number of amides is 2. The Balaban J connectivity index is 1.32. The molecule has 11 heteroatoms. The first-order chi connectivity index (χ1) is 15.9. The van der Waals surface area contributed by atoms with Crippen molar-refractivity contribution in [3.63, 3.8) is 0 Å². The summed E-state index contributed by atoms with van der Waals surface area (Å²) in [5.41, 5.74) is 1.65. The molecule has 0 saturated carbocycles. The van der Waals surface area contributed by atoms with Gasteiger partial charge in [0, 0.05) is 44.3 Å². The van der Waals surface area contributed by atoms with Gasteiger partial charge in [-0.25, -0.2) is 19.3 Å². The van der Waals surface area contributed by atoms with Gasteiger partial charge in [-0.2, -0.15) is 5.10 Å². The van der Waals surface area contributed by atoms with Crippen molar-refractivity contribution in [2.24, 2.45) is 0 Å². The maximum Gasteiger partial charge on any atom is 0.358 e. The molecule has 0 spiro atoms. The van der Waals surface area contributed by atoms with E-state index in [-0.39, 0.29) is 11.7 Å². The number of nitrogens with zero attached hydrogens (tertiary/aromatic N) is 5. The van der Waals surface area contributed by atoms with E-state index in [2.05, 4.69) is 15.4 Å². The summed E-state index contributed by atoms with van der Waals surface area (Å²) in [5, 5.41) is 8.11. The lowest BCUT2D eigenvalue weighted by Crippen LogP contribution is -2.50. The summed E-state index contributed by atoms with van der Waals surface area (Å²) in [6.07, 6.45) is 3.24. The molecule has 1 aliphatic heterocycles. The number of nitrogens with one attached hydrogen (secondary N) is 1. The van der Waals surface area contributed by atoms with Crippen molar-refractivity contribution in [1.82, 2.24) is 19.7 Å². The maximum atomic E-state index is 12.7. The van der Waals surface area contributed by atoms with Crippen LogP contribution in [0.25, 0.3) is 5.69 Å². The van der Waals surface area contributed by atoms with Crippen molar-refractivity contribution in [2.45, 2.75) is 6.92 Å². The molecule has 2 amide bonds. The largest absolute Gasteiger partial charge is 0.461 e. The topological polar surface area (TPSA) is 92.6 Å². The molecule has 0 unspecified atom stereocenters. The molecular formula is C22H22Cl2N6O3. The third-order valence-electron chi connectivity index (χ3n) is 5.11. The molecule has 1 aromatic carbocycles. The van der Waals surface area contributed by atoms with E-state index in [0.29, 0.717) is 54.3 Å². The van der Waals surface area contributed by atoms with Crippen molar-refractivity contribution >= 4 is 46.7 Å². The zero-order valence-electron chi connectivity index (χ0n) is 17.9. The smallest absolute Gasteiger partial charge is 0.358 e. The van der Waals surface area contributed by atoms with Crippen LogP contribution >= 0.6 is 23.2 Å². The van der Waals surface area contributed by atoms with E-state index >= 15 is 0 Å². The summed E-state index contributed by atoms with van der Waals surface area (Å²) in [7, 11) is 0. The van der Waals surface area contributed by atoms with E-state index < -0.39 is 5.97 Å². The SMILES string of the molecule is CCOC(=O)c1ccn(-c2ccc(NC(=O)N3CCN(c4ncc(Cl)cc4Cl)CC3)cc2)n1. The second-order valence-electron chi connectivity index (χ2n) is 7.28. The number of pyridine rings is 1. The Kier molecular flexibility index (Phi) is 7.00. The number of hydrogen-bond donors (Lipinski definition) is 1. The van der Waals surface area contributed by atoms with E-state index in [4.69, 9.17) is 27.9 Å². The second-order valence-corrected chi connectivity index (χ2v) is 8.12. The number of rotatable bonds is 5. The van der Waals surface area contributed by atoms with Crippen molar-refractivity contribution < 1.29 is 14.3 Å². The lowest BCUT2D eigenvalue weighted by atomic mass is 10.2. The van der Waals surface area contributed by atoms with Gasteiger partial charge in [-0.05, 0) is 43.3 Å². The number of halogens is 2. The highest BCUT2D eigenvalue weighted by Crippen LogP contribution is 2.27. The molecule has 172 valence electrons. The fourth-order valence-corrected chi connectivity index (χ4v) is 3.94. The number of carbonyl (C=O) groups excluding carboxylic acids is 2. The Hall–Kier alpha value is -3.30. The summed E-state index contributed by atoms with van der Waals surface area (Å²) in [4.78, 5) is 32.5. The number of anilines is 2. The summed E-state index contributed by atoms with van der Waals surface area (Å²) < 4.78 is 6.53. The van der Waals surface area contributed by atoms with E-state index in [9.17, 15) is 9.59 Å². The van der Waals surface area contributed by atoms with Gasteiger partial charge >= 0.3 is 12.0 Å². The van der Waals surface area contributed by atoms with E-state index in [0.717, 1.165) is 5.69 Å². The molecule has 2 aromatic heterocycles. The molecule has 0 radical (unpaired) electrons. The second kappa shape index (κ2) is 10.1. The first-order valence-corrected chi connectivity index (χ1v) is 11.2. The van der Waals surface area contributed by atoms with Gasteiger partial charge in [0.1, 0.15) is 5.82 Å². The quantitative estimate of drug-likeness (QED) is 0.543. The summed E-state index contributed by atoms with van der Waals surface area (Å²) in [5.74, 6) is 0.204. The molecule has 0 atom stereocenters. The number of aromatic nitrogens is 3. The highest BCUT2D eigenvalue weighted by molar-refractivity contribution is 6.36. The molecule has 3 aromatic rings. The molecular weight excluding hydrogens is 467 g/mol. The zero-order chi connectivity index (χ0) is 23.4. The van der Waals surface area contributed by atoms with Crippen LogP contribution in [0, 0.1) is 0 Å². The Bertz CT molecular complexity index is 1140. The predicted octanol–water partition coefficient (Wildman–Crippen LogP) is 4.10. The van der Waals surface area contributed by atoms with Crippen LogP contribution in [0.2, 0.25) is 10.0 Å². The van der Waals surface area contributed by atoms with Crippen LogP contribution in [0.4, 0.5) is 16.3 Å². The monoisotopic (exact) mass is 488 g/mol. The van der Waals surface area contributed by atoms with E-state index in [1.54, 1.807) is 53.2 Å². The number of hydrogen-bond acceptors (Lipinski definition) is 6. The molecule has 1 N–H and O–H groups in total. The van der Waals surface area contributed by atoms with Crippen molar-refractivity contribution in [2.75, 3.05) is 43.0 Å². The van der Waals surface area contributed by atoms with Gasteiger partial charge in [0.05, 0.1) is 22.3 Å². The molecule has 3 heterocycles. The minimum atomic E-state index is -0.464. The number of ether oxygens (including phenoxy) is 1. The third-order valence-corrected chi connectivity index (χ3v) is 5.60.